The molecule has 1 atom stereocenters. The van der Waals surface area contributed by atoms with Gasteiger partial charge in [0.1, 0.15) is 11.9 Å². The number of benzene rings is 1. The average molecular weight is 434 g/mol. The lowest BCUT2D eigenvalue weighted by atomic mass is 10.1. The van der Waals surface area contributed by atoms with E-state index in [9.17, 15) is 0 Å². The maximum absolute atomic E-state index is 6.38. The van der Waals surface area contributed by atoms with Crippen molar-refractivity contribution in [1.82, 2.24) is 20.5 Å². The minimum Gasteiger partial charge on any atom is -0.486 e. The number of aryl methyl sites for hydroxylation is 1. The van der Waals surface area contributed by atoms with Crippen LogP contribution in [-0.2, 0) is 0 Å². The summed E-state index contributed by atoms with van der Waals surface area (Å²) in [6.07, 6.45) is 4.32. The summed E-state index contributed by atoms with van der Waals surface area (Å²) in [6, 6.07) is 11.7. The van der Waals surface area contributed by atoms with E-state index in [1.165, 1.54) is 0 Å². The molecule has 0 fully saturated rings. The van der Waals surface area contributed by atoms with Crippen LogP contribution in [0.2, 0.25) is 0 Å². The fourth-order valence-corrected chi connectivity index (χ4v) is 3.50. The summed E-state index contributed by atoms with van der Waals surface area (Å²) in [5, 5.41) is 11.6. The SMILES string of the molecule is CNCC[C@H](Oc1cccc(N=C(C)c2c(C)nnc(N(C)C)c2N)c1)c1cccnc1. The molecule has 0 amide bonds. The third kappa shape index (κ3) is 5.59. The third-order valence-corrected chi connectivity index (χ3v) is 5.06. The molecule has 8 heteroatoms. The van der Waals surface area contributed by atoms with Gasteiger partial charge in [-0.1, -0.05) is 12.1 Å². The lowest BCUT2D eigenvalue weighted by Gasteiger charge is -2.19. The number of nitrogens with zero attached hydrogens (tertiary/aromatic N) is 5. The third-order valence-electron chi connectivity index (χ3n) is 5.06. The van der Waals surface area contributed by atoms with Gasteiger partial charge in [0.2, 0.25) is 0 Å². The number of rotatable bonds is 9. The summed E-state index contributed by atoms with van der Waals surface area (Å²) in [7, 11) is 5.71. The predicted molar refractivity (Wildman–Crippen MR) is 130 cm³/mol. The summed E-state index contributed by atoms with van der Waals surface area (Å²) < 4.78 is 6.33. The molecule has 3 aromatic rings. The maximum atomic E-state index is 6.38. The fourth-order valence-electron chi connectivity index (χ4n) is 3.50. The number of hydrogen-bond donors (Lipinski definition) is 2. The highest BCUT2D eigenvalue weighted by Crippen LogP contribution is 2.29. The summed E-state index contributed by atoms with van der Waals surface area (Å²) in [6.45, 7) is 4.65. The Bertz CT molecular complexity index is 1070. The van der Waals surface area contributed by atoms with Crippen LogP contribution in [0, 0.1) is 6.92 Å². The van der Waals surface area contributed by atoms with Gasteiger partial charge in [0.05, 0.1) is 17.1 Å². The van der Waals surface area contributed by atoms with Gasteiger partial charge in [-0.25, -0.2) is 0 Å². The van der Waals surface area contributed by atoms with Crippen LogP contribution in [0.4, 0.5) is 17.2 Å². The Morgan fingerprint density at radius 2 is 2.03 bits per heavy atom. The molecule has 32 heavy (non-hydrogen) atoms. The van der Waals surface area contributed by atoms with Gasteiger partial charge < -0.3 is 20.7 Å². The zero-order valence-corrected chi connectivity index (χ0v) is 19.3. The van der Waals surface area contributed by atoms with Crippen molar-refractivity contribution in [3.05, 3.63) is 65.6 Å². The van der Waals surface area contributed by atoms with Crippen molar-refractivity contribution < 1.29 is 4.74 Å². The predicted octanol–water partition coefficient (Wildman–Crippen LogP) is 3.70. The maximum Gasteiger partial charge on any atom is 0.174 e. The largest absolute Gasteiger partial charge is 0.486 e. The Morgan fingerprint density at radius 3 is 2.72 bits per heavy atom. The first kappa shape index (κ1) is 23.1. The Morgan fingerprint density at radius 1 is 1.22 bits per heavy atom. The van der Waals surface area contributed by atoms with Crippen LogP contribution in [0.5, 0.6) is 5.75 Å². The van der Waals surface area contributed by atoms with Crippen LogP contribution in [0.15, 0.2) is 53.8 Å². The summed E-state index contributed by atoms with van der Waals surface area (Å²) in [5.74, 6) is 1.37. The van der Waals surface area contributed by atoms with Crippen molar-refractivity contribution in [3.63, 3.8) is 0 Å². The second kappa shape index (κ2) is 10.7. The standard InChI is InChI=1S/C24H31N7O/c1-16(22-17(2)29-30-24(23(22)25)31(4)5)28-19-9-6-10-20(14-19)32-21(11-13-26-3)18-8-7-12-27-15-18/h6-10,12,14-15,21,26H,11,13H2,1-5H3,(H2,25,29)/t21-/m0/s1. The van der Waals surface area contributed by atoms with Crippen LogP contribution in [-0.4, -0.2) is 48.6 Å². The highest BCUT2D eigenvalue weighted by Gasteiger charge is 2.16. The second-order valence-corrected chi connectivity index (χ2v) is 7.77. The molecule has 0 unspecified atom stereocenters. The van der Waals surface area contributed by atoms with Gasteiger partial charge >= 0.3 is 0 Å². The number of nitrogen functional groups attached to an aromatic ring is 1. The molecule has 168 valence electrons. The van der Waals surface area contributed by atoms with E-state index in [0.29, 0.717) is 11.5 Å². The van der Waals surface area contributed by atoms with Gasteiger partial charge in [0.15, 0.2) is 5.82 Å². The molecule has 0 aliphatic carbocycles. The molecular weight excluding hydrogens is 402 g/mol. The van der Waals surface area contributed by atoms with Crippen molar-refractivity contribution in [2.45, 2.75) is 26.4 Å². The second-order valence-electron chi connectivity index (χ2n) is 7.77. The van der Waals surface area contributed by atoms with Gasteiger partial charge in [-0.2, -0.15) is 5.10 Å². The molecule has 3 N–H and O–H groups in total. The molecule has 1 aromatic carbocycles. The van der Waals surface area contributed by atoms with Crippen LogP contribution in [0.3, 0.4) is 0 Å². The van der Waals surface area contributed by atoms with Gasteiger partial charge in [0, 0.05) is 55.8 Å². The Labute approximate surface area is 189 Å². The summed E-state index contributed by atoms with van der Waals surface area (Å²) in [4.78, 5) is 10.9. The first-order valence-electron chi connectivity index (χ1n) is 10.6. The van der Waals surface area contributed by atoms with E-state index >= 15 is 0 Å². The number of nitrogens with two attached hydrogens (primary N) is 1. The highest BCUT2D eigenvalue weighted by molar-refractivity contribution is 6.06. The van der Waals surface area contributed by atoms with E-state index in [1.54, 1.807) is 6.20 Å². The molecule has 0 saturated carbocycles. The van der Waals surface area contributed by atoms with Crippen LogP contribution >= 0.6 is 0 Å². The number of hydrogen-bond acceptors (Lipinski definition) is 8. The zero-order chi connectivity index (χ0) is 23.1. The summed E-state index contributed by atoms with van der Waals surface area (Å²) >= 11 is 0. The van der Waals surface area contributed by atoms with Crippen LogP contribution in [0.1, 0.15) is 36.3 Å². The molecule has 0 aliphatic heterocycles. The van der Waals surface area contributed by atoms with Crippen LogP contribution < -0.4 is 20.7 Å². The number of aliphatic imine (C=N–C) groups is 1. The van der Waals surface area contributed by atoms with Crippen molar-refractivity contribution in [2.75, 3.05) is 38.3 Å². The molecule has 0 radical (unpaired) electrons. The molecule has 0 saturated heterocycles. The van der Waals surface area contributed by atoms with Gasteiger partial charge in [-0.15, -0.1) is 5.10 Å². The quantitative estimate of drug-likeness (QED) is 0.496. The fraction of sp³-hybridized carbons (Fsp3) is 0.333. The first-order valence-corrected chi connectivity index (χ1v) is 10.6. The molecule has 8 nitrogen and oxygen atoms in total. The molecule has 2 heterocycles. The van der Waals surface area contributed by atoms with Crippen LogP contribution in [0.25, 0.3) is 0 Å². The molecule has 0 aliphatic rings. The van der Waals surface area contributed by atoms with E-state index < -0.39 is 0 Å². The normalized spacial score (nSPS) is 12.5. The van der Waals surface area contributed by atoms with Crippen molar-refractivity contribution >= 4 is 22.9 Å². The Kier molecular flexibility index (Phi) is 7.72. The number of aromatic nitrogens is 3. The first-order chi connectivity index (χ1) is 15.4. The zero-order valence-electron chi connectivity index (χ0n) is 19.3. The number of anilines is 2. The van der Waals surface area contributed by atoms with E-state index in [0.717, 1.165) is 46.9 Å². The van der Waals surface area contributed by atoms with E-state index in [2.05, 4.69) is 20.5 Å². The molecular formula is C24H31N7O. The minimum absolute atomic E-state index is 0.110. The highest BCUT2D eigenvalue weighted by atomic mass is 16.5. The molecule has 0 bridgehead atoms. The van der Waals surface area contributed by atoms with Crippen molar-refractivity contribution in [1.29, 1.82) is 0 Å². The number of pyridine rings is 1. The molecule has 3 rings (SSSR count). The lowest BCUT2D eigenvalue weighted by Crippen LogP contribution is -2.17. The Hall–Kier alpha value is -3.52. The van der Waals surface area contributed by atoms with Crippen molar-refractivity contribution in [2.24, 2.45) is 4.99 Å². The van der Waals surface area contributed by atoms with Crippen molar-refractivity contribution in [3.8, 4) is 5.75 Å². The average Bonchev–Trinajstić information content (AvgIpc) is 2.77. The minimum atomic E-state index is -0.110. The monoisotopic (exact) mass is 433 g/mol. The van der Waals surface area contributed by atoms with Gasteiger partial charge in [-0.3, -0.25) is 9.98 Å². The number of ether oxygens (including phenoxy) is 1. The molecule has 0 spiro atoms. The molecule has 2 aromatic heterocycles. The number of nitrogens with one attached hydrogen (secondary N) is 1. The summed E-state index contributed by atoms with van der Waals surface area (Å²) in [5.41, 5.74) is 11.1. The van der Waals surface area contributed by atoms with E-state index in [4.69, 9.17) is 15.5 Å². The topological polar surface area (TPSA) is 102 Å². The smallest absolute Gasteiger partial charge is 0.174 e. The lowest BCUT2D eigenvalue weighted by molar-refractivity contribution is 0.194. The van der Waals surface area contributed by atoms with Gasteiger partial charge in [0.25, 0.3) is 0 Å². The van der Waals surface area contributed by atoms with E-state index in [-0.39, 0.29) is 6.10 Å². The van der Waals surface area contributed by atoms with E-state index in [1.807, 2.05) is 82.5 Å². The van der Waals surface area contributed by atoms with Gasteiger partial charge in [-0.05, 0) is 45.6 Å². The Balaban J connectivity index is 1.89.